The minimum absolute atomic E-state index is 0.460. The smallest absolute Gasteiger partial charge is 0.0244 e. The van der Waals surface area contributed by atoms with Crippen LogP contribution in [0.1, 0.15) is 53.9 Å². The van der Waals surface area contributed by atoms with Crippen molar-refractivity contribution in [1.82, 2.24) is 10.2 Å². The van der Waals surface area contributed by atoms with E-state index in [0.717, 1.165) is 23.9 Å². The highest BCUT2D eigenvalue weighted by molar-refractivity contribution is 4.95. The Hall–Kier alpha value is -0.0800. The lowest BCUT2D eigenvalue weighted by Gasteiger charge is -2.43. The zero-order valence-electron chi connectivity index (χ0n) is 13.0. The van der Waals surface area contributed by atoms with Crippen molar-refractivity contribution in [3.05, 3.63) is 0 Å². The first kappa shape index (κ1) is 14.3. The number of nitrogens with zero attached hydrogens (tertiary/aromatic N) is 1. The van der Waals surface area contributed by atoms with Crippen LogP contribution in [0.2, 0.25) is 0 Å². The van der Waals surface area contributed by atoms with Crippen LogP contribution < -0.4 is 5.32 Å². The summed E-state index contributed by atoms with van der Waals surface area (Å²) >= 11 is 0. The monoisotopic (exact) mass is 252 g/mol. The molecular formula is C16H32N2. The van der Waals surface area contributed by atoms with E-state index in [0.29, 0.717) is 5.41 Å². The maximum Gasteiger partial charge on any atom is 0.0244 e. The molecule has 0 aromatic carbocycles. The van der Waals surface area contributed by atoms with Crippen molar-refractivity contribution >= 4 is 0 Å². The lowest BCUT2D eigenvalue weighted by molar-refractivity contribution is 0.0809. The second-order valence-electron chi connectivity index (χ2n) is 7.97. The van der Waals surface area contributed by atoms with Crippen LogP contribution in [-0.2, 0) is 0 Å². The molecular weight excluding hydrogens is 220 g/mol. The standard InChI is InChI=1S/C16H32N2/c1-12(2)15-10-17-14(13-6-7-13)11-18(15)9-8-16(3,4)5/h12-15,17H,6-11H2,1-5H3. The first-order chi connectivity index (χ1) is 8.37. The number of hydrogen-bond acceptors (Lipinski definition) is 2. The third-order valence-electron chi connectivity index (χ3n) is 4.60. The molecule has 1 aliphatic carbocycles. The van der Waals surface area contributed by atoms with Crippen molar-refractivity contribution in [3.63, 3.8) is 0 Å². The summed E-state index contributed by atoms with van der Waals surface area (Å²) in [5.41, 5.74) is 0.460. The van der Waals surface area contributed by atoms with Crippen molar-refractivity contribution in [2.24, 2.45) is 17.3 Å². The fraction of sp³-hybridized carbons (Fsp3) is 1.00. The van der Waals surface area contributed by atoms with E-state index in [-0.39, 0.29) is 0 Å². The Bertz CT molecular complexity index is 263. The Balaban J connectivity index is 1.91. The van der Waals surface area contributed by atoms with Gasteiger partial charge in [0.05, 0.1) is 0 Å². The average molecular weight is 252 g/mol. The molecule has 106 valence electrons. The molecule has 1 aliphatic heterocycles. The Morgan fingerprint density at radius 3 is 2.39 bits per heavy atom. The van der Waals surface area contributed by atoms with Crippen molar-refractivity contribution in [3.8, 4) is 0 Å². The lowest BCUT2D eigenvalue weighted by Crippen LogP contribution is -2.59. The predicted molar refractivity (Wildman–Crippen MR) is 78.8 cm³/mol. The predicted octanol–water partition coefficient (Wildman–Crippen LogP) is 3.13. The SMILES string of the molecule is CC(C)C1CNC(C2CC2)CN1CCC(C)(C)C. The van der Waals surface area contributed by atoms with Gasteiger partial charge in [0.15, 0.2) is 0 Å². The van der Waals surface area contributed by atoms with Crippen molar-refractivity contribution < 1.29 is 0 Å². The summed E-state index contributed by atoms with van der Waals surface area (Å²) in [7, 11) is 0. The van der Waals surface area contributed by atoms with Crippen LogP contribution >= 0.6 is 0 Å². The second kappa shape index (κ2) is 5.50. The molecule has 1 N–H and O–H groups in total. The first-order valence-corrected chi connectivity index (χ1v) is 7.84. The molecule has 2 heteroatoms. The van der Waals surface area contributed by atoms with Crippen LogP contribution in [0.3, 0.4) is 0 Å². The van der Waals surface area contributed by atoms with Crippen LogP contribution in [0.15, 0.2) is 0 Å². The minimum Gasteiger partial charge on any atom is -0.311 e. The van der Waals surface area contributed by atoms with Crippen LogP contribution in [0, 0.1) is 17.3 Å². The zero-order valence-corrected chi connectivity index (χ0v) is 13.0. The molecule has 1 saturated heterocycles. The van der Waals surface area contributed by atoms with E-state index in [1.807, 2.05) is 0 Å². The van der Waals surface area contributed by atoms with Crippen LogP contribution in [0.25, 0.3) is 0 Å². The van der Waals surface area contributed by atoms with Crippen molar-refractivity contribution in [2.45, 2.75) is 66.0 Å². The normalized spacial score (nSPS) is 31.0. The highest BCUT2D eigenvalue weighted by Crippen LogP contribution is 2.35. The number of nitrogens with one attached hydrogen (secondary N) is 1. The van der Waals surface area contributed by atoms with Gasteiger partial charge in [-0.25, -0.2) is 0 Å². The van der Waals surface area contributed by atoms with Gasteiger partial charge >= 0.3 is 0 Å². The number of hydrogen-bond donors (Lipinski definition) is 1. The summed E-state index contributed by atoms with van der Waals surface area (Å²) in [6.45, 7) is 15.6. The molecule has 0 aromatic rings. The Morgan fingerprint density at radius 1 is 1.22 bits per heavy atom. The Labute approximate surface area is 114 Å². The van der Waals surface area contributed by atoms with Crippen LogP contribution in [0.4, 0.5) is 0 Å². The summed E-state index contributed by atoms with van der Waals surface area (Å²) in [6.07, 6.45) is 4.22. The fourth-order valence-corrected chi connectivity index (χ4v) is 3.06. The van der Waals surface area contributed by atoms with Crippen molar-refractivity contribution in [2.75, 3.05) is 19.6 Å². The van der Waals surface area contributed by atoms with Gasteiger partial charge in [-0.15, -0.1) is 0 Å². The molecule has 0 amide bonds. The Morgan fingerprint density at radius 2 is 1.89 bits per heavy atom. The van der Waals surface area contributed by atoms with Gasteiger partial charge in [0, 0.05) is 25.2 Å². The first-order valence-electron chi connectivity index (χ1n) is 7.84. The fourth-order valence-electron chi connectivity index (χ4n) is 3.06. The topological polar surface area (TPSA) is 15.3 Å². The molecule has 1 heterocycles. The molecule has 0 aromatic heterocycles. The van der Waals surface area contributed by atoms with Gasteiger partial charge in [0.1, 0.15) is 0 Å². The molecule has 2 atom stereocenters. The van der Waals surface area contributed by atoms with Gasteiger partial charge < -0.3 is 5.32 Å². The van der Waals surface area contributed by atoms with E-state index >= 15 is 0 Å². The van der Waals surface area contributed by atoms with E-state index < -0.39 is 0 Å². The van der Waals surface area contributed by atoms with Gasteiger partial charge in [0.25, 0.3) is 0 Å². The van der Waals surface area contributed by atoms with Gasteiger partial charge in [-0.3, -0.25) is 4.90 Å². The molecule has 0 radical (unpaired) electrons. The molecule has 0 bridgehead atoms. The van der Waals surface area contributed by atoms with Crippen LogP contribution in [0.5, 0.6) is 0 Å². The summed E-state index contributed by atoms with van der Waals surface area (Å²) in [6, 6.07) is 1.52. The molecule has 2 aliphatic rings. The highest BCUT2D eigenvalue weighted by atomic mass is 15.2. The quantitative estimate of drug-likeness (QED) is 0.827. The van der Waals surface area contributed by atoms with Crippen molar-refractivity contribution in [1.29, 1.82) is 0 Å². The largest absolute Gasteiger partial charge is 0.311 e. The molecule has 2 fully saturated rings. The summed E-state index contributed by atoms with van der Waals surface area (Å²) < 4.78 is 0. The van der Waals surface area contributed by atoms with Crippen LogP contribution in [-0.4, -0.2) is 36.6 Å². The molecule has 1 saturated carbocycles. The van der Waals surface area contributed by atoms with E-state index in [1.165, 1.54) is 38.9 Å². The Kier molecular flexibility index (Phi) is 4.38. The van der Waals surface area contributed by atoms with Gasteiger partial charge in [-0.1, -0.05) is 34.6 Å². The third kappa shape index (κ3) is 3.96. The molecule has 2 rings (SSSR count). The average Bonchev–Trinajstić information content (AvgIpc) is 3.08. The molecule has 2 unspecified atom stereocenters. The second-order valence-corrected chi connectivity index (χ2v) is 7.97. The number of piperazine rings is 1. The maximum atomic E-state index is 3.80. The van der Waals surface area contributed by atoms with E-state index in [1.54, 1.807) is 0 Å². The lowest BCUT2D eigenvalue weighted by atomic mass is 9.90. The van der Waals surface area contributed by atoms with Gasteiger partial charge in [0.2, 0.25) is 0 Å². The summed E-state index contributed by atoms with van der Waals surface area (Å²) in [5, 5.41) is 3.80. The molecule has 0 spiro atoms. The third-order valence-corrected chi connectivity index (χ3v) is 4.60. The molecule has 2 nitrogen and oxygen atoms in total. The highest BCUT2D eigenvalue weighted by Gasteiger charge is 2.37. The van der Waals surface area contributed by atoms with E-state index in [4.69, 9.17) is 0 Å². The van der Waals surface area contributed by atoms with Gasteiger partial charge in [-0.2, -0.15) is 0 Å². The number of rotatable bonds is 4. The van der Waals surface area contributed by atoms with E-state index in [9.17, 15) is 0 Å². The summed E-state index contributed by atoms with van der Waals surface area (Å²) in [5.74, 6) is 1.74. The zero-order chi connectivity index (χ0) is 13.3. The summed E-state index contributed by atoms with van der Waals surface area (Å²) in [4.78, 5) is 2.77. The van der Waals surface area contributed by atoms with Gasteiger partial charge in [-0.05, 0) is 43.1 Å². The maximum absolute atomic E-state index is 3.80. The minimum atomic E-state index is 0.460. The van der Waals surface area contributed by atoms with E-state index in [2.05, 4.69) is 44.8 Å². The molecule has 18 heavy (non-hydrogen) atoms.